The lowest BCUT2D eigenvalue weighted by molar-refractivity contribution is 0.416. The third-order valence-corrected chi connectivity index (χ3v) is 9.99. The van der Waals surface area contributed by atoms with Crippen LogP contribution in [0.25, 0.3) is 98.0 Å². The van der Waals surface area contributed by atoms with E-state index in [9.17, 15) is 35.9 Å². The standard InChI is InChI=1S/C36H8F8N4O2/c37-21-23(39)27(43)31-29(25(21)41)45-33-13-5-1-9-11-3-7-16-20-14(34-46-30-26(42)22(38)24(40)28(44)32(30)48(34)36(16)50)6-2-10(18(11)20)12-4-8-15(19(13)17(9)12)35(49)47(31)33/h1-8H. The Bertz CT molecular complexity index is 3320. The quantitative estimate of drug-likeness (QED) is 0.0531. The second-order valence-electron chi connectivity index (χ2n) is 12.2. The van der Waals surface area contributed by atoms with Gasteiger partial charge in [0.25, 0.3) is 11.1 Å². The molecule has 0 saturated carbocycles. The largest absolute Gasteiger partial charge is 0.268 e. The highest BCUT2D eigenvalue weighted by atomic mass is 19.2. The Kier molecular flexibility index (Phi) is 4.62. The summed E-state index contributed by atoms with van der Waals surface area (Å²) in [7, 11) is 0. The zero-order valence-corrected chi connectivity index (χ0v) is 24.2. The molecular weight excluding hydrogens is 672 g/mol. The van der Waals surface area contributed by atoms with Crippen LogP contribution in [0.5, 0.6) is 0 Å². The van der Waals surface area contributed by atoms with E-state index in [-0.39, 0.29) is 32.8 Å². The van der Waals surface area contributed by atoms with Gasteiger partial charge in [-0.2, -0.15) is 0 Å². The van der Waals surface area contributed by atoms with E-state index < -0.39 is 79.7 Å². The zero-order chi connectivity index (χ0) is 34.4. The number of imidazole rings is 2. The van der Waals surface area contributed by atoms with Crippen LogP contribution in [0.4, 0.5) is 35.1 Å². The van der Waals surface area contributed by atoms with Crippen LogP contribution in [0.2, 0.25) is 0 Å². The maximum Gasteiger partial charge on any atom is 0.264 e. The fourth-order valence-corrected chi connectivity index (χ4v) is 7.97. The van der Waals surface area contributed by atoms with Crippen LogP contribution in [-0.4, -0.2) is 18.8 Å². The molecule has 0 amide bonds. The first-order valence-corrected chi connectivity index (χ1v) is 14.8. The molecule has 0 bridgehead atoms. The van der Waals surface area contributed by atoms with Gasteiger partial charge in [-0.05, 0) is 56.6 Å². The number of aromatic nitrogens is 4. The van der Waals surface area contributed by atoms with E-state index in [0.717, 1.165) is 8.80 Å². The van der Waals surface area contributed by atoms with E-state index in [2.05, 4.69) is 9.97 Å². The fraction of sp³-hybridized carbons (Fsp3) is 0. The number of rotatable bonds is 0. The van der Waals surface area contributed by atoms with Crippen LogP contribution >= 0.6 is 0 Å². The van der Waals surface area contributed by atoms with Gasteiger partial charge in [-0.15, -0.1) is 0 Å². The van der Waals surface area contributed by atoms with Crippen LogP contribution in [0.15, 0.2) is 58.1 Å². The second kappa shape index (κ2) is 8.40. The van der Waals surface area contributed by atoms with Gasteiger partial charge < -0.3 is 0 Å². The van der Waals surface area contributed by atoms with Crippen molar-refractivity contribution in [2.75, 3.05) is 0 Å². The topological polar surface area (TPSA) is 68.7 Å². The Hall–Kier alpha value is -6.44. The third-order valence-electron chi connectivity index (χ3n) is 9.99. The van der Waals surface area contributed by atoms with Gasteiger partial charge in [0.1, 0.15) is 33.4 Å². The molecule has 0 aliphatic carbocycles. The van der Waals surface area contributed by atoms with Crippen molar-refractivity contribution < 1.29 is 35.1 Å². The average molecular weight is 680 g/mol. The van der Waals surface area contributed by atoms with E-state index in [0.29, 0.717) is 43.1 Å². The maximum atomic E-state index is 15.0. The Labute approximate surface area is 267 Å². The van der Waals surface area contributed by atoms with E-state index in [1.165, 1.54) is 12.1 Å². The molecule has 0 fully saturated rings. The van der Waals surface area contributed by atoms with E-state index in [4.69, 9.17) is 0 Å². The van der Waals surface area contributed by atoms with Crippen LogP contribution in [0, 0.1) is 46.5 Å². The second-order valence-corrected chi connectivity index (χ2v) is 12.2. The van der Waals surface area contributed by atoms with E-state index in [1.807, 2.05) is 0 Å². The number of pyridine rings is 2. The van der Waals surface area contributed by atoms with Crippen molar-refractivity contribution in [2.45, 2.75) is 0 Å². The molecule has 240 valence electrons. The summed E-state index contributed by atoms with van der Waals surface area (Å²) >= 11 is 0. The minimum atomic E-state index is -2.08. The van der Waals surface area contributed by atoms with Crippen molar-refractivity contribution >= 4 is 98.0 Å². The van der Waals surface area contributed by atoms with Crippen molar-refractivity contribution in [3.63, 3.8) is 0 Å². The minimum Gasteiger partial charge on any atom is -0.268 e. The highest BCUT2D eigenvalue weighted by Gasteiger charge is 2.30. The van der Waals surface area contributed by atoms with Crippen LogP contribution < -0.4 is 11.1 Å². The summed E-state index contributed by atoms with van der Waals surface area (Å²) in [6, 6.07) is 12.6. The van der Waals surface area contributed by atoms with Crippen molar-refractivity contribution in [2.24, 2.45) is 0 Å². The molecule has 0 aliphatic heterocycles. The van der Waals surface area contributed by atoms with Gasteiger partial charge in [-0.25, -0.2) is 45.1 Å². The molecule has 0 unspecified atom stereocenters. The minimum absolute atomic E-state index is 0.0541. The van der Waals surface area contributed by atoms with Crippen molar-refractivity contribution in [1.82, 2.24) is 18.8 Å². The van der Waals surface area contributed by atoms with Crippen LogP contribution in [0.3, 0.4) is 0 Å². The summed E-state index contributed by atoms with van der Waals surface area (Å²) in [6.07, 6.45) is 0. The summed E-state index contributed by atoms with van der Waals surface area (Å²) in [5, 5.41) is 4.77. The fourth-order valence-electron chi connectivity index (χ4n) is 7.97. The molecule has 7 aromatic carbocycles. The van der Waals surface area contributed by atoms with Gasteiger partial charge in [-0.1, -0.05) is 24.3 Å². The van der Waals surface area contributed by atoms with Gasteiger partial charge >= 0.3 is 0 Å². The van der Waals surface area contributed by atoms with Crippen molar-refractivity contribution in [1.29, 1.82) is 0 Å². The van der Waals surface area contributed by atoms with Gasteiger partial charge in [0.05, 0.1) is 0 Å². The first-order valence-electron chi connectivity index (χ1n) is 14.8. The molecule has 14 heteroatoms. The van der Waals surface area contributed by atoms with Gasteiger partial charge in [0.15, 0.2) is 46.5 Å². The lowest BCUT2D eigenvalue weighted by Gasteiger charge is -2.18. The molecule has 6 nitrogen and oxygen atoms in total. The van der Waals surface area contributed by atoms with Gasteiger partial charge in [-0.3, -0.25) is 18.4 Å². The summed E-state index contributed by atoms with van der Waals surface area (Å²) in [4.78, 5) is 36.0. The number of nitrogens with zero attached hydrogens (tertiary/aromatic N) is 4. The molecule has 0 saturated heterocycles. The Morgan fingerprint density at radius 2 is 0.640 bits per heavy atom. The molecule has 4 aromatic heterocycles. The number of fused-ring (bicyclic) bond motifs is 10. The first-order chi connectivity index (χ1) is 24.0. The van der Waals surface area contributed by atoms with Crippen molar-refractivity contribution in [3.8, 4) is 0 Å². The Morgan fingerprint density at radius 3 is 1.00 bits per heavy atom. The molecule has 0 aliphatic rings. The molecule has 0 N–H and O–H groups in total. The third kappa shape index (κ3) is 2.75. The predicted octanol–water partition coefficient (Wildman–Crippen LogP) is 8.35. The summed E-state index contributed by atoms with van der Waals surface area (Å²) in [5.41, 5.74) is -5.54. The lowest BCUT2D eigenvalue weighted by Crippen LogP contribution is -2.15. The van der Waals surface area contributed by atoms with Crippen LogP contribution in [0.1, 0.15) is 0 Å². The smallest absolute Gasteiger partial charge is 0.264 e. The molecule has 50 heavy (non-hydrogen) atoms. The lowest BCUT2D eigenvalue weighted by atomic mass is 9.86. The molecule has 4 heterocycles. The zero-order valence-electron chi connectivity index (χ0n) is 24.2. The molecule has 0 spiro atoms. The summed E-state index contributed by atoms with van der Waals surface area (Å²) < 4.78 is 118. The highest BCUT2D eigenvalue weighted by molar-refractivity contribution is 6.40. The Morgan fingerprint density at radius 1 is 0.360 bits per heavy atom. The highest BCUT2D eigenvalue weighted by Crippen LogP contribution is 2.46. The number of hydrogen-bond acceptors (Lipinski definition) is 4. The normalized spacial score (nSPS) is 13.0. The molecular formula is C36H8F8N4O2. The Balaban J connectivity index is 1.35. The summed E-state index contributed by atoms with van der Waals surface area (Å²) in [6.45, 7) is 0. The van der Waals surface area contributed by atoms with Gasteiger partial charge in [0.2, 0.25) is 0 Å². The monoisotopic (exact) mass is 680 g/mol. The van der Waals surface area contributed by atoms with Gasteiger partial charge in [0, 0.05) is 32.3 Å². The molecule has 0 radical (unpaired) electrons. The van der Waals surface area contributed by atoms with E-state index >= 15 is 8.78 Å². The number of hydrogen-bond donors (Lipinski definition) is 0. The molecule has 11 rings (SSSR count). The maximum absolute atomic E-state index is 15.0. The predicted molar refractivity (Wildman–Crippen MR) is 170 cm³/mol. The first kappa shape index (κ1) is 27.5. The number of benzene rings is 7. The number of halogens is 8. The SMILES string of the molecule is O=c1c2ccc3c4ccc5c6c(ccc(c7ccc(c2c37)c2nc3c(F)c(F)c(F)c(F)c3n12)c46)c(=O)n1c5nc2c(F)c(F)c(F)c(F)c21. The average Bonchev–Trinajstić information content (AvgIpc) is 3.73. The van der Waals surface area contributed by atoms with Crippen LogP contribution in [-0.2, 0) is 0 Å². The molecule has 0 atom stereocenters. The van der Waals surface area contributed by atoms with Crippen molar-refractivity contribution in [3.05, 3.63) is 116 Å². The molecule has 11 aromatic rings. The van der Waals surface area contributed by atoms with E-state index in [1.54, 1.807) is 36.4 Å². The summed E-state index contributed by atoms with van der Waals surface area (Å²) in [5.74, 6) is -15.3.